The van der Waals surface area contributed by atoms with E-state index in [0.29, 0.717) is 5.69 Å². The van der Waals surface area contributed by atoms with Crippen molar-refractivity contribution in [2.75, 3.05) is 23.4 Å². The van der Waals surface area contributed by atoms with Gasteiger partial charge in [-0.1, -0.05) is 18.2 Å². The van der Waals surface area contributed by atoms with E-state index in [2.05, 4.69) is 5.32 Å². The summed E-state index contributed by atoms with van der Waals surface area (Å²) >= 11 is 0. The molecule has 0 aromatic heterocycles. The lowest BCUT2D eigenvalue weighted by atomic mass is 10.3. The minimum Gasteiger partial charge on any atom is -0.395 e. The Bertz CT molecular complexity index is 441. The molecule has 16 heavy (non-hydrogen) atoms. The van der Waals surface area contributed by atoms with Crippen molar-refractivity contribution in [1.29, 1.82) is 0 Å². The number of hydrogen-bond acceptors (Lipinski definition) is 4. The van der Waals surface area contributed by atoms with Gasteiger partial charge >= 0.3 is 0 Å². The standard InChI is InChI=1S/C10H13NO4S/c12-6-7-16(14,15)8-10(13)11-9-4-2-1-3-5-9/h1-5,12H,6-8H2,(H,11,13). The number of rotatable bonds is 5. The van der Waals surface area contributed by atoms with E-state index in [1.165, 1.54) is 0 Å². The van der Waals surface area contributed by atoms with Gasteiger partial charge in [0.05, 0.1) is 12.4 Å². The smallest absolute Gasteiger partial charge is 0.239 e. The zero-order valence-corrected chi connectivity index (χ0v) is 9.40. The largest absolute Gasteiger partial charge is 0.395 e. The Balaban J connectivity index is 2.55. The molecule has 0 spiro atoms. The van der Waals surface area contributed by atoms with Gasteiger partial charge in [-0.15, -0.1) is 0 Å². The average molecular weight is 243 g/mol. The highest BCUT2D eigenvalue weighted by molar-refractivity contribution is 7.92. The molecule has 2 N–H and O–H groups in total. The number of nitrogens with one attached hydrogen (secondary N) is 1. The van der Waals surface area contributed by atoms with Crippen molar-refractivity contribution in [1.82, 2.24) is 0 Å². The summed E-state index contributed by atoms with van der Waals surface area (Å²) in [6.45, 7) is -0.471. The maximum absolute atomic E-state index is 11.3. The predicted molar refractivity (Wildman–Crippen MR) is 60.8 cm³/mol. The number of para-hydroxylation sites is 1. The molecular formula is C10H13NO4S. The molecule has 0 aliphatic carbocycles. The Kier molecular flexibility index (Phi) is 4.45. The number of aliphatic hydroxyl groups excluding tert-OH is 1. The third-order valence-electron chi connectivity index (χ3n) is 1.81. The van der Waals surface area contributed by atoms with E-state index in [1.54, 1.807) is 30.3 Å². The third kappa shape index (κ3) is 4.41. The Morgan fingerprint density at radius 2 is 1.88 bits per heavy atom. The molecule has 0 fully saturated rings. The summed E-state index contributed by atoms with van der Waals surface area (Å²) in [6.07, 6.45) is 0. The lowest BCUT2D eigenvalue weighted by molar-refractivity contribution is -0.113. The number of carbonyl (C=O) groups is 1. The van der Waals surface area contributed by atoms with Crippen LogP contribution in [0.5, 0.6) is 0 Å². The molecule has 0 aliphatic rings. The number of sulfone groups is 1. The molecular weight excluding hydrogens is 230 g/mol. The van der Waals surface area contributed by atoms with E-state index in [1.807, 2.05) is 0 Å². The summed E-state index contributed by atoms with van der Waals surface area (Å²) in [5, 5.41) is 11.0. The molecule has 0 radical (unpaired) electrons. The highest BCUT2D eigenvalue weighted by atomic mass is 32.2. The van der Waals surface area contributed by atoms with Gasteiger partial charge in [-0.2, -0.15) is 0 Å². The molecule has 6 heteroatoms. The number of anilines is 1. The fourth-order valence-electron chi connectivity index (χ4n) is 1.13. The van der Waals surface area contributed by atoms with E-state index in [4.69, 9.17) is 5.11 Å². The molecule has 0 saturated heterocycles. The first-order chi connectivity index (χ1) is 7.53. The predicted octanol–water partition coefficient (Wildman–Crippen LogP) is 0.0322. The molecule has 0 aliphatic heterocycles. The minimum atomic E-state index is -3.51. The van der Waals surface area contributed by atoms with Crippen LogP contribution in [-0.2, 0) is 14.6 Å². The molecule has 1 amide bonds. The first-order valence-corrected chi connectivity index (χ1v) is 6.52. The molecule has 0 unspecified atom stereocenters. The van der Waals surface area contributed by atoms with E-state index in [0.717, 1.165) is 0 Å². The maximum atomic E-state index is 11.3. The Morgan fingerprint density at radius 3 is 2.44 bits per heavy atom. The van der Waals surface area contributed by atoms with Crippen molar-refractivity contribution in [2.45, 2.75) is 0 Å². The van der Waals surface area contributed by atoms with Crippen LogP contribution >= 0.6 is 0 Å². The second kappa shape index (κ2) is 5.62. The molecule has 1 aromatic carbocycles. The Morgan fingerprint density at radius 1 is 1.25 bits per heavy atom. The number of carbonyl (C=O) groups excluding carboxylic acids is 1. The second-order valence-corrected chi connectivity index (χ2v) is 5.41. The average Bonchev–Trinajstić information content (AvgIpc) is 2.17. The monoisotopic (exact) mass is 243 g/mol. The Labute approximate surface area is 94.0 Å². The summed E-state index contributed by atoms with van der Waals surface area (Å²) in [5.74, 6) is -1.60. The van der Waals surface area contributed by atoms with Gasteiger partial charge in [-0.25, -0.2) is 8.42 Å². The van der Waals surface area contributed by atoms with Crippen LogP contribution < -0.4 is 5.32 Å². The van der Waals surface area contributed by atoms with E-state index in [9.17, 15) is 13.2 Å². The number of benzene rings is 1. The van der Waals surface area contributed by atoms with Gasteiger partial charge in [-0.05, 0) is 12.1 Å². The van der Waals surface area contributed by atoms with Crippen LogP contribution in [0.15, 0.2) is 30.3 Å². The van der Waals surface area contributed by atoms with Gasteiger partial charge in [0.15, 0.2) is 9.84 Å². The van der Waals surface area contributed by atoms with Crippen LogP contribution in [0, 0.1) is 0 Å². The van der Waals surface area contributed by atoms with Gasteiger partial charge in [0, 0.05) is 5.69 Å². The van der Waals surface area contributed by atoms with Crippen LogP contribution in [0.4, 0.5) is 5.69 Å². The molecule has 0 saturated carbocycles. The molecule has 0 bridgehead atoms. The number of aliphatic hydroxyl groups is 1. The molecule has 0 heterocycles. The van der Waals surface area contributed by atoms with E-state index >= 15 is 0 Å². The highest BCUT2D eigenvalue weighted by Crippen LogP contribution is 2.05. The van der Waals surface area contributed by atoms with Gasteiger partial charge in [0.2, 0.25) is 5.91 Å². The summed E-state index contributed by atoms with van der Waals surface area (Å²) in [7, 11) is -3.51. The summed E-state index contributed by atoms with van der Waals surface area (Å²) < 4.78 is 22.4. The van der Waals surface area contributed by atoms with Crippen molar-refractivity contribution < 1.29 is 18.3 Å². The fourth-order valence-corrected chi connectivity index (χ4v) is 2.02. The van der Waals surface area contributed by atoms with Crippen molar-refractivity contribution in [2.24, 2.45) is 0 Å². The van der Waals surface area contributed by atoms with Crippen LogP contribution in [0.3, 0.4) is 0 Å². The maximum Gasteiger partial charge on any atom is 0.239 e. The SMILES string of the molecule is O=C(CS(=O)(=O)CCO)Nc1ccccc1. The topological polar surface area (TPSA) is 83.5 Å². The van der Waals surface area contributed by atoms with Crippen LogP contribution in [0.1, 0.15) is 0 Å². The Hall–Kier alpha value is -1.40. The van der Waals surface area contributed by atoms with Crippen molar-refractivity contribution >= 4 is 21.4 Å². The number of amides is 1. The lowest BCUT2D eigenvalue weighted by Crippen LogP contribution is -2.25. The van der Waals surface area contributed by atoms with Crippen LogP contribution in [0.2, 0.25) is 0 Å². The molecule has 88 valence electrons. The summed E-state index contributed by atoms with van der Waals surface area (Å²) in [5.41, 5.74) is 0.548. The van der Waals surface area contributed by atoms with Gasteiger partial charge in [0.25, 0.3) is 0 Å². The molecule has 1 rings (SSSR count). The molecule has 0 atom stereocenters. The van der Waals surface area contributed by atoms with Crippen LogP contribution in [0.25, 0.3) is 0 Å². The van der Waals surface area contributed by atoms with Gasteiger partial charge in [0.1, 0.15) is 5.75 Å². The second-order valence-electron chi connectivity index (χ2n) is 3.23. The van der Waals surface area contributed by atoms with Gasteiger partial charge < -0.3 is 10.4 Å². The third-order valence-corrected chi connectivity index (χ3v) is 3.32. The van der Waals surface area contributed by atoms with Gasteiger partial charge in [-0.3, -0.25) is 4.79 Å². The van der Waals surface area contributed by atoms with Crippen molar-refractivity contribution in [3.05, 3.63) is 30.3 Å². The summed E-state index contributed by atoms with van der Waals surface area (Å²) in [4.78, 5) is 11.3. The van der Waals surface area contributed by atoms with Crippen LogP contribution in [-0.4, -0.2) is 37.5 Å². The molecule has 1 aromatic rings. The molecule has 5 nitrogen and oxygen atoms in total. The number of hydrogen-bond donors (Lipinski definition) is 2. The van der Waals surface area contributed by atoms with E-state index in [-0.39, 0.29) is 0 Å². The first-order valence-electron chi connectivity index (χ1n) is 4.70. The minimum absolute atomic E-state index is 0.394. The van der Waals surface area contributed by atoms with Crippen molar-refractivity contribution in [3.63, 3.8) is 0 Å². The fraction of sp³-hybridized carbons (Fsp3) is 0.300. The first kappa shape index (κ1) is 12.7. The lowest BCUT2D eigenvalue weighted by Gasteiger charge is -2.04. The highest BCUT2D eigenvalue weighted by Gasteiger charge is 2.15. The van der Waals surface area contributed by atoms with E-state index < -0.39 is 33.9 Å². The quantitative estimate of drug-likeness (QED) is 0.764. The zero-order valence-electron chi connectivity index (χ0n) is 8.59. The zero-order chi connectivity index (χ0) is 12.0. The normalized spacial score (nSPS) is 11.1. The summed E-state index contributed by atoms with van der Waals surface area (Å²) in [6, 6.07) is 8.58. The van der Waals surface area contributed by atoms with Crippen molar-refractivity contribution in [3.8, 4) is 0 Å².